The molecule has 0 aliphatic carbocycles. The number of aromatic nitrogens is 2. The van der Waals surface area contributed by atoms with Crippen molar-refractivity contribution in [1.82, 2.24) is 15.0 Å². The topological polar surface area (TPSA) is 90.2 Å². The summed E-state index contributed by atoms with van der Waals surface area (Å²) in [6.45, 7) is 14.2. The third-order valence-electron chi connectivity index (χ3n) is 10.7. The number of fused-ring (bicyclic) bond motifs is 1. The van der Waals surface area contributed by atoms with E-state index in [9.17, 15) is 4.79 Å². The standard InChI is InChI=1S/C44H48Cl2N4O5SSi/c1-28(2)41-33(39(48-55-41)38-34(45)19-14-20-35(38)46)26-49-21-22-50(43-47-40-36(52-6)23-29(42(51)53-7)24-37(40)56-43)30(25-49)27-54-57(44(3,4)5,31-15-10-8-11-16-31)32-17-12-9-13-18-32/h8-20,23-24,28,30H,21-22,25-27H2,1-7H3. The highest BCUT2D eigenvalue weighted by atomic mass is 35.5. The van der Waals surface area contributed by atoms with Gasteiger partial charge < -0.3 is 23.3 Å². The second kappa shape index (κ2) is 16.9. The van der Waals surface area contributed by atoms with Crippen LogP contribution in [0.3, 0.4) is 0 Å². The van der Waals surface area contributed by atoms with Crippen LogP contribution in [0.5, 0.6) is 5.75 Å². The van der Waals surface area contributed by atoms with E-state index in [0.717, 1.165) is 27.7 Å². The Balaban J connectivity index is 1.31. The predicted octanol–water partition coefficient (Wildman–Crippen LogP) is 9.44. The number of ether oxygens (including phenoxy) is 2. The summed E-state index contributed by atoms with van der Waals surface area (Å²) in [7, 11) is 0.0719. The van der Waals surface area contributed by atoms with Crippen molar-refractivity contribution in [3.8, 4) is 17.0 Å². The Hall–Kier alpha value is -4.23. The minimum atomic E-state index is -2.90. The lowest BCUT2D eigenvalue weighted by atomic mass is 9.99. The molecule has 0 N–H and O–H groups in total. The van der Waals surface area contributed by atoms with Crippen LogP contribution < -0.4 is 20.0 Å². The van der Waals surface area contributed by atoms with Gasteiger partial charge in [0.15, 0.2) is 5.13 Å². The van der Waals surface area contributed by atoms with Crippen LogP contribution in [0.2, 0.25) is 15.1 Å². The van der Waals surface area contributed by atoms with E-state index in [-0.39, 0.29) is 17.0 Å². The number of benzene rings is 4. The summed E-state index contributed by atoms with van der Waals surface area (Å²) in [5.41, 5.74) is 3.42. The van der Waals surface area contributed by atoms with Crippen LogP contribution in [0, 0.1) is 0 Å². The molecular weight excluding hydrogens is 796 g/mol. The molecule has 1 saturated heterocycles. The van der Waals surface area contributed by atoms with Crippen molar-refractivity contribution < 1.29 is 23.2 Å². The fraction of sp³-hybridized carbons (Fsp3) is 0.341. The van der Waals surface area contributed by atoms with Gasteiger partial charge in [-0.15, -0.1) is 0 Å². The van der Waals surface area contributed by atoms with E-state index in [1.807, 2.05) is 24.3 Å². The number of methoxy groups -OCH3 is 2. The average molecular weight is 844 g/mol. The maximum absolute atomic E-state index is 12.6. The third kappa shape index (κ3) is 7.98. The first-order valence-electron chi connectivity index (χ1n) is 19.1. The first kappa shape index (κ1) is 40.9. The van der Waals surface area contributed by atoms with E-state index in [1.54, 1.807) is 13.2 Å². The fourth-order valence-electron chi connectivity index (χ4n) is 8.01. The second-order valence-corrected chi connectivity index (χ2v) is 21.8. The maximum atomic E-state index is 12.6. The van der Waals surface area contributed by atoms with Crippen molar-refractivity contribution >= 4 is 74.5 Å². The van der Waals surface area contributed by atoms with Gasteiger partial charge in [-0.1, -0.05) is 141 Å². The maximum Gasteiger partial charge on any atom is 0.338 e. The summed E-state index contributed by atoms with van der Waals surface area (Å²) in [5.74, 6) is 0.991. The number of hydrogen-bond donors (Lipinski definition) is 0. The van der Waals surface area contributed by atoms with Crippen molar-refractivity contribution in [2.45, 2.75) is 58.2 Å². The highest BCUT2D eigenvalue weighted by molar-refractivity contribution is 7.22. The number of hydrogen-bond acceptors (Lipinski definition) is 10. The molecule has 3 heterocycles. The first-order valence-corrected chi connectivity index (χ1v) is 22.6. The lowest BCUT2D eigenvalue weighted by Crippen LogP contribution is -2.68. The Kier molecular flexibility index (Phi) is 12.2. The van der Waals surface area contributed by atoms with Crippen LogP contribution in [0.15, 0.2) is 95.5 Å². The van der Waals surface area contributed by atoms with Gasteiger partial charge in [-0.3, -0.25) is 4.90 Å². The molecule has 0 saturated carbocycles. The molecule has 0 radical (unpaired) electrons. The van der Waals surface area contributed by atoms with Gasteiger partial charge in [0.05, 0.1) is 47.2 Å². The molecule has 1 fully saturated rings. The van der Waals surface area contributed by atoms with Gasteiger partial charge in [-0.05, 0) is 39.7 Å². The van der Waals surface area contributed by atoms with Gasteiger partial charge in [0.1, 0.15) is 22.7 Å². The zero-order chi connectivity index (χ0) is 40.5. The molecule has 0 bridgehead atoms. The summed E-state index contributed by atoms with van der Waals surface area (Å²) in [6, 6.07) is 30.3. The molecule has 57 heavy (non-hydrogen) atoms. The Morgan fingerprint density at radius 2 is 1.60 bits per heavy atom. The van der Waals surface area contributed by atoms with Crippen molar-refractivity contribution in [3.05, 3.63) is 118 Å². The molecule has 2 aromatic heterocycles. The second-order valence-electron chi connectivity index (χ2n) is 15.7. The fourth-order valence-corrected chi connectivity index (χ4v) is 14.3. The predicted molar refractivity (Wildman–Crippen MR) is 234 cm³/mol. The normalized spacial score (nSPS) is 15.4. The number of nitrogens with zero attached hydrogens (tertiary/aromatic N) is 4. The highest BCUT2D eigenvalue weighted by Crippen LogP contribution is 2.42. The summed E-state index contributed by atoms with van der Waals surface area (Å²) in [6.07, 6.45) is 0. The molecule has 1 aliphatic heterocycles. The third-order valence-corrected chi connectivity index (χ3v) is 17.4. The number of piperazine rings is 1. The lowest BCUT2D eigenvalue weighted by molar-refractivity contribution is 0.0600. The number of carbonyl (C=O) groups is 1. The SMILES string of the molecule is COC(=O)c1cc(OC)c2nc(N3CCN(Cc4c(-c5c(Cl)cccc5Cl)noc4C(C)C)CC3CO[Si](c3ccccc3)(c3ccccc3)C(C)(C)C)sc2c1. The summed E-state index contributed by atoms with van der Waals surface area (Å²) in [5, 5.41) is 8.66. The van der Waals surface area contributed by atoms with Gasteiger partial charge in [0.2, 0.25) is 0 Å². The van der Waals surface area contributed by atoms with Gasteiger partial charge in [0, 0.05) is 43.2 Å². The minimum absolute atomic E-state index is 0.0886. The van der Waals surface area contributed by atoms with E-state index >= 15 is 0 Å². The van der Waals surface area contributed by atoms with Crippen LogP contribution in [0.25, 0.3) is 21.5 Å². The molecule has 1 unspecified atom stereocenters. The first-order chi connectivity index (χ1) is 27.4. The average Bonchev–Trinajstić information content (AvgIpc) is 3.82. The van der Waals surface area contributed by atoms with E-state index in [1.165, 1.54) is 28.8 Å². The molecule has 298 valence electrons. The lowest BCUT2D eigenvalue weighted by Gasteiger charge is -2.46. The molecule has 13 heteroatoms. The molecule has 1 aliphatic rings. The van der Waals surface area contributed by atoms with Crippen LogP contribution >= 0.6 is 34.5 Å². The van der Waals surface area contributed by atoms with Crippen molar-refractivity contribution in [2.75, 3.05) is 45.4 Å². The van der Waals surface area contributed by atoms with Gasteiger partial charge in [-0.2, -0.15) is 0 Å². The quantitative estimate of drug-likeness (QED) is 0.0884. The molecule has 0 spiro atoms. The number of esters is 1. The largest absolute Gasteiger partial charge is 0.494 e. The van der Waals surface area contributed by atoms with Crippen LogP contribution in [-0.2, 0) is 15.7 Å². The van der Waals surface area contributed by atoms with E-state index < -0.39 is 14.3 Å². The molecule has 1 atom stereocenters. The molecule has 0 amide bonds. The van der Waals surface area contributed by atoms with E-state index in [0.29, 0.717) is 64.4 Å². The van der Waals surface area contributed by atoms with Gasteiger partial charge in [0.25, 0.3) is 8.32 Å². The van der Waals surface area contributed by atoms with E-state index in [2.05, 4.69) is 110 Å². The Morgan fingerprint density at radius 1 is 0.947 bits per heavy atom. The summed E-state index contributed by atoms with van der Waals surface area (Å²) in [4.78, 5) is 22.6. The molecular formula is C44H48Cl2N4O5SSi. The smallest absolute Gasteiger partial charge is 0.338 e. The van der Waals surface area contributed by atoms with Crippen molar-refractivity contribution in [2.24, 2.45) is 0 Å². The number of anilines is 1. The number of rotatable bonds is 12. The number of carbonyl (C=O) groups excluding carboxylic acids is 1. The Labute approximate surface area is 349 Å². The summed E-state index contributed by atoms with van der Waals surface area (Å²) >= 11 is 15.0. The van der Waals surface area contributed by atoms with Crippen molar-refractivity contribution in [1.29, 1.82) is 0 Å². The van der Waals surface area contributed by atoms with Crippen LogP contribution in [0.1, 0.15) is 62.2 Å². The zero-order valence-electron chi connectivity index (χ0n) is 33.3. The van der Waals surface area contributed by atoms with Crippen molar-refractivity contribution in [3.63, 3.8) is 0 Å². The molecule has 6 aromatic rings. The van der Waals surface area contributed by atoms with Gasteiger partial charge in [-0.25, -0.2) is 9.78 Å². The van der Waals surface area contributed by atoms with Gasteiger partial charge >= 0.3 is 5.97 Å². The number of halogens is 2. The molecule has 7 rings (SSSR count). The molecule has 9 nitrogen and oxygen atoms in total. The summed E-state index contributed by atoms with van der Waals surface area (Å²) < 4.78 is 25.3. The van der Waals surface area contributed by atoms with Crippen LogP contribution in [-0.4, -0.2) is 75.8 Å². The zero-order valence-corrected chi connectivity index (χ0v) is 36.7. The minimum Gasteiger partial charge on any atom is -0.494 e. The van der Waals surface area contributed by atoms with E-state index in [4.69, 9.17) is 46.6 Å². The highest BCUT2D eigenvalue weighted by Gasteiger charge is 2.51. The molecule has 4 aromatic carbocycles. The van der Waals surface area contributed by atoms with Crippen LogP contribution in [0.4, 0.5) is 5.13 Å². The Bertz CT molecular complexity index is 2290. The monoisotopic (exact) mass is 842 g/mol. The Morgan fingerprint density at radius 3 is 2.18 bits per heavy atom. The number of thiazole rings is 1.